The maximum Gasteiger partial charge on any atom is 0.470 e. The standard InChI is InChI=1S/C22H30FO8P.2Na/c1-12-8-16-15-5-4-13-9-14(24)6-7-19(13,2)21(15,23)17(25)10-20(16,3)22(12,27)18(26)11-31-32(28,29)30;;/h6-7,9,12,15-17,25,27H,4-5,8,10-11H2,1-3H3,(H2,28,29,30);;/t12-,15+,16+,17+,19+,20+,21+,22+;;/m1../s1. The van der Waals surface area contributed by atoms with Crippen molar-refractivity contribution >= 4 is 78.5 Å². The second kappa shape index (κ2) is 9.83. The average molecular weight is 518 g/mol. The van der Waals surface area contributed by atoms with Crippen molar-refractivity contribution in [3.63, 3.8) is 0 Å². The maximum absolute atomic E-state index is 17.0. The number of aliphatic hydroxyl groups is 2. The number of rotatable bonds is 4. The van der Waals surface area contributed by atoms with Gasteiger partial charge in [-0.15, -0.1) is 0 Å². The van der Waals surface area contributed by atoms with Gasteiger partial charge < -0.3 is 20.0 Å². The number of phosphoric ester groups is 1. The van der Waals surface area contributed by atoms with Gasteiger partial charge in [-0.3, -0.25) is 14.1 Å². The van der Waals surface area contributed by atoms with Crippen LogP contribution in [0.3, 0.4) is 0 Å². The molecule has 4 aliphatic rings. The van der Waals surface area contributed by atoms with Crippen LogP contribution in [-0.4, -0.2) is 115 Å². The smallest absolute Gasteiger partial charge is 0.390 e. The molecular formula is C22H30FNa2O8P. The van der Waals surface area contributed by atoms with E-state index in [9.17, 15) is 24.4 Å². The van der Waals surface area contributed by atoms with Crippen molar-refractivity contribution < 1.29 is 43.1 Å². The van der Waals surface area contributed by atoms with Gasteiger partial charge in [-0.05, 0) is 56.6 Å². The van der Waals surface area contributed by atoms with Gasteiger partial charge in [0.15, 0.2) is 17.2 Å². The van der Waals surface area contributed by atoms with Gasteiger partial charge in [0, 0.05) is 75.9 Å². The van der Waals surface area contributed by atoms with Crippen molar-refractivity contribution in [1.29, 1.82) is 0 Å². The number of aliphatic hydroxyl groups excluding tert-OH is 1. The fourth-order valence-electron chi connectivity index (χ4n) is 7.39. The van der Waals surface area contributed by atoms with Gasteiger partial charge in [0.1, 0.15) is 12.2 Å². The number of ketones is 2. The molecule has 0 amide bonds. The molecule has 12 heteroatoms. The zero-order chi connectivity index (χ0) is 23.9. The van der Waals surface area contributed by atoms with Crippen LogP contribution in [0, 0.1) is 28.6 Å². The number of allylic oxidation sites excluding steroid dienone is 4. The molecule has 0 aliphatic heterocycles. The summed E-state index contributed by atoms with van der Waals surface area (Å²) in [5, 5.41) is 22.8. The van der Waals surface area contributed by atoms with Crippen LogP contribution < -0.4 is 0 Å². The Balaban J connectivity index is 0.00000204. The van der Waals surface area contributed by atoms with Crippen LogP contribution >= 0.6 is 7.82 Å². The van der Waals surface area contributed by atoms with Crippen LogP contribution in [0.25, 0.3) is 0 Å². The Kier molecular flexibility index (Phi) is 8.96. The summed E-state index contributed by atoms with van der Waals surface area (Å²) in [5.74, 6) is -2.87. The van der Waals surface area contributed by atoms with Crippen LogP contribution in [0.5, 0.6) is 0 Å². The molecule has 0 aromatic rings. The number of carbonyl (C=O) groups excluding carboxylic acids is 2. The molecule has 0 unspecified atom stereocenters. The predicted molar refractivity (Wildman–Crippen MR) is 122 cm³/mol. The van der Waals surface area contributed by atoms with E-state index in [1.807, 2.05) is 0 Å². The normalized spacial score (nSPS) is 45.2. The summed E-state index contributed by atoms with van der Waals surface area (Å²) in [6.45, 7) is 4.00. The third-order valence-corrected chi connectivity index (χ3v) is 9.48. The van der Waals surface area contributed by atoms with Crippen LogP contribution in [0.4, 0.5) is 4.39 Å². The Morgan fingerprint density at radius 1 is 1.26 bits per heavy atom. The van der Waals surface area contributed by atoms with E-state index in [0.717, 1.165) is 0 Å². The third kappa shape index (κ3) is 4.20. The molecular weight excluding hydrogens is 488 g/mol. The van der Waals surface area contributed by atoms with E-state index >= 15 is 4.39 Å². The quantitative estimate of drug-likeness (QED) is 0.322. The van der Waals surface area contributed by atoms with Crippen LogP contribution in [0.2, 0.25) is 0 Å². The van der Waals surface area contributed by atoms with Gasteiger partial charge in [0.25, 0.3) is 0 Å². The first-order valence-corrected chi connectivity index (χ1v) is 12.4. The van der Waals surface area contributed by atoms with E-state index in [1.54, 1.807) is 20.8 Å². The van der Waals surface area contributed by atoms with Crippen molar-refractivity contribution in [1.82, 2.24) is 0 Å². The second-order valence-electron chi connectivity index (χ2n) is 10.4. The van der Waals surface area contributed by atoms with Gasteiger partial charge >= 0.3 is 7.82 Å². The number of hydrogen-bond acceptors (Lipinski definition) is 6. The molecule has 0 saturated heterocycles. The van der Waals surface area contributed by atoms with Gasteiger partial charge in [-0.2, -0.15) is 0 Å². The number of hydrogen-bond donors (Lipinski definition) is 4. The molecule has 8 nitrogen and oxygen atoms in total. The molecule has 4 rings (SSSR count). The number of Topliss-reactive ketones (excluding diaryl/α,β-unsaturated/α-hetero) is 1. The molecule has 3 saturated carbocycles. The van der Waals surface area contributed by atoms with E-state index in [4.69, 9.17) is 9.79 Å². The first-order valence-electron chi connectivity index (χ1n) is 10.9. The summed E-state index contributed by atoms with van der Waals surface area (Å²) in [5.41, 5.74) is -5.88. The van der Waals surface area contributed by atoms with Crippen LogP contribution in [0.15, 0.2) is 23.8 Å². The summed E-state index contributed by atoms with van der Waals surface area (Å²) in [7, 11) is -4.93. The zero-order valence-corrected chi connectivity index (χ0v) is 25.2. The van der Waals surface area contributed by atoms with E-state index in [-0.39, 0.29) is 71.3 Å². The Bertz CT molecular complexity index is 984. The summed E-state index contributed by atoms with van der Waals surface area (Å²) >= 11 is 0. The second-order valence-corrected chi connectivity index (χ2v) is 11.6. The van der Waals surface area contributed by atoms with Gasteiger partial charge in [0.05, 0.1) is 6.10 Å². The van der Waals surface area contributed by atoms with Crippen molar-refractivity contribution in [2.45, 2.75) is 63.8 Å². The Morgan fingerprint density at radius 3 is 2.47 bits per heavy atom. The fraction of sp³-hybridized carbons (Fsp3) is 0.727. The Morgan fingerprint density at radius 2 is 1.88 bits per heavy atom. The number of fused-ring (bicyclic) bond motifs is 5. The third-order valence-electron chi connectivity index (χ3n) is 9.01. The molecule has 0 heterocycles. The van der Waals surface area contributed by atoms with Crippen molar-refractivity contribution in [3.05, 3.63) is 23.8 Å². The first kappa shape index (κ1) is 31.0. The average Bonchev–Trinajstić information content (AvgIpc) is 2.89. The van der Waals surface area contributed by atoms with Crippen molar-refractivity contribution in [3.8, 4) is 0 Å². The minimum absolute atomic E-state index is 0. The molecule has 3 fully saturated rings. The molecule has 0 aromatic carbocycles. The Hall–Kier alpha value is 0.780. The van der Waals surface area contributed by atoms with Crippen LogP contribution in [-0.2, 0) is 18.7 Å². The molecule has 8 atom stereocenters. The minimum Gasteiger partial charge on any atom is -0.390 e. The van der Waals surface area contributed by atoms with E-state index in [1.165, 1.54) is 18.2 Å². The summed E-state index contributed by atoms with van der Waals surface area (Å²) in [4.78, 5) is 42.8. The number of phosphoric acid groups is 1. The number of halogens is 1. The van der Waals surface area contributed by atoms with Gasteiger partial charge in [-0.25, -0.2) is 8.96 Å². The zero-order valence-electron chi connectivity index (χ0n) is 20.3. The molecule has 2 radical (unpaired) electrons. The fourth-order valence-corrected chi connectivity index (χ4v) is 7.68. The first-order chi connectivity index (χ1) is 14.6. The maximum atomic E-state index is 17.0. The number of alkyl halides is 1. The monoisotopic (exact) mass is 518 g/mol. The summed E-state index contributed by atoms with van der Waals surface area (Å²) in [6, 6.07) is 0. The molecule has 34 heavy (non-hydrogen) atoms. The molecule has 0 aromatic heterocycles. The van der Waals surface area contributed by atoms with Crippen molar-refractivity contribution in [2.75, 3.05) is 6.61 Å². The molecule has 4 N–H and O–H groups in total. The molecule has 0 spiro atoms. The van der Waals surface area contributed by atoms with Gasteiger partial charge in [0.2, 0.25) is 0 Å². The largest absolute Gasteiger partial charge is 0.470 e. The SMILES string of the molecule is C[C@@H]1C[C@H]2[C@@H]3CCC4=CC(=O)C=C[C@]4(C)[C@@]3(F)[C@@H](O)C[C@]2(C)[C@@]1(O)C(=O)COP(=O)(O)O.[Na].[Na]. The number of carbonyl (C=O) groups is 2. The van der Waals surface area contributed by atoms with E-state index in [0.29, 0.717) is 24.8 Å². The Labute approximate surface area is 242 Å². The molecule has 180 valence electrons. The summed E-state index contributed by atoms with van der Waals surface area (Å²) < 4.78 is 32.5. The van der Waals surface area contributed by atoms with Crippen molar-refractivity contribution in [2.24, 2.45) is 28.6 Å². The topological polar surface area (TPSA) is 141 Å². The minimum atomic E-state index is -4.93. The van der Waals surface area contributed by atoms with E-state index < -0.39 is 66.2 Å². The molecule has 4 aliphatic carbocycles. The predicted octanol–water partition coefficient (Wildman–Crippen LogP) is 1.25. The summed E-state index contributed by atoms with van der Waals surface area (Å²) in [6.07, 6.45) is 3.70. The van der Waals surface area contributed by atoms with Crippen LogP contribution in [0.1, 0.15) is 46.5 Å². The van der Waals surface area contributed by atoms with E-state index in [2.05, 4.69) is 4.52 Å². The molecule has 0 bridgehead atoms. The van der Waals surface area contributed by atoms with Gasteiger partial charge in [-0.1, -0.05) is 25.5 Å².